The van der Waals surface area contributed by atoms with Crippen molar-refractivity contribution in [2.45, 2.75) is 13.8 Å². The quantitative estimate of drug-likeness (QED) is 0.579. The molecule has 12 heavy (non-hydrogen) atoms. The van der Waals surface area contributed by atoms with Gasteiger partial charge in [-0.1, -0.05) is 12.2 Å². The van der Waals surface area contributed by atoms with E-state index in [2.05, 4.69) is 11.8 Å². The first-order valence-corrected chi connectivity index (χ1v) is 4.20. The number of hydrogen-bond acceptors (Lipinski definition) is 2. The molecule has 1 atom stereocenters. The van der Waals surface area contributed by atoms with Gasteiger partial charge in [-0.3, -0.25) is 0 Å². The molecule has 2 heteroatoms. The molecule has 1 unspecified atom stereocenters. The highest BCUT2D eigenvalue weighted by Gasteiger charge is 2.24. The molecule has 0 aromatic carbocycles. The molecule has 0 N–H and O–H groups in total. The van der Waals surface area contributed by atoms with Crippen LogP contribution in [0.1, 0.15) is 13.8 Å². The minimum Gasteiger partial charge on any atom is -0.377 e. The Morgan fingerprint density at radius 3 is 2.75 bits per heavy atom. The third kappa shape index (κ3) is 1.42. The monoisotopic (exact) mass is 165 g/mol. The molecule has 0 bridgehead atoms. The van der Waals surface area contributed by atoms with Gasteiger partial charge in [-0.2, -0.15) is 0 Å². The highest BCUT2D eigenvalue weighted by Crippen LogP contribution is 2.26. The van der Waals surface area contributed by atoms with Crippen molar-refractivity contribution >= 4 is 6.29 Å². The molecule has 0 fully saturated rings. The van der Waals surface area contributed by atoms with Crippen LogP contribution < -0.4 is 0 Å². The fourth-order valence-electron chi connectivity index (χ4n) is 1.56. The van der Waals surface area contributed by atoms with Gasteiger partial charge in [0.2, 0.25) is 0 Å². The van der Waals surface area contributed by atoms with Gasteiger partial charge in [-0.05, 0) is 19.4 Å². The van der Waals surface area contributed by atoms with Gasteiger partial charge in [0.1, 0.15) is 6.29 Å². The summed E-state index contributed by atoms with van der Waals surface area (Å²) < 4.78 is 0. The maximum absolute atomic E-state index is 10.7. The van der Waals surface area contributed by atoms with E-state index in [4.69, 9.17) is 0 Å². The summed E-state index contributed by atoms with van der Waals surface area (Å²) in [6.07, 6.45) is 5.04. The number of rotatable bonds is 2. The Labute approximate surface area is 73.6 Å². The number of nitrogens with zero attached hydrogens (tertiary/aromatic N) is 1. The summed E-state index contributed by atoms with van der Waals surface area (Å²) in [5.74, 6) is 0.0752. The predicted molar refractivity (Wildman–Crippen MR) is 49.7 cm³/mol. The number of hydrogen-bond donors (Lipinski definition) is 0. The largest absolute Gasteiger partial charge is 0.377 e. The summed E-state index contributed by atoms with van der Waals surface area (Å²) in [5.41, 5.74) is 2.38. The molecule has 0 aliphatic carbocycles. The van der Waals surface area contributed by atoms with Crippen LogP contribution in [0.5, 0.6) is 0 Å². The van der Waals surface area contributed by atoms with Gasteiger partial charge in [-0.15, -0.1) is 0 Å². The fraction of sp³-hybridized carbons (Fsp3) is 0.500. The van der Waals surface area contributed by atoms with Gasteiger partial charge in [0.05, 0.1) is 5.92 Å². The number of allylic oxidation sites excluding steroid dienone is 3. The van der Waals surface area contributed by atoms with E-state index in [0.29, 0.717) is 0 Å². The summed E-state index contributed by atoms with van der Waals surface area (Å²) in [7, 11) is 2.02. The lowest BCUT2D eigenvalue weighted by atomic mass is 10.0. The van der Waals surface area contributed by atoms with Gasteiger partial charge < -0.3 is 9.69 Å². The molecule has 0 aromatic rings. The average molecular weight is 165 g/mol. The average Bonchev–Trinajstić information content (AvgIpc) is 2.33. The lowest BCUT2D eigenvalue weighted by molar-refractivity contribution is -0.110. The zero-order chi connectivity index (χ0) is 9.14. The van der Waals surface area contributed by atoms with E-state index in [-0.39, 0.29) is 5.92 Å². The summed E-state index contributed by atoms with van der Waals surface area (Å²) in [6.45, 7) is 4.86. The van der Waals surface area contributed by atoms with E-state index < -0.39 is 0 Å². The highest BCUT2D eigenvalue weighted by atomic mass is 16.1. The van der Waals surface area contributed by atoms with Crippen molar-refractivity contribution in [3.63, 3.8) is 0 Å². The molecule has 0 spiro atoms. The molecule has 1 heterocycles. The van der Waals surface area contributed by atoms with Gasteiger partial charge in [-0.25, -0.2) is 0 Å². The van der Waals surface area contributed by atoms with Crippen LogP contribution >= 0.6 is 0 Å². The van der Waals surface area contributed by atoms with Crippen molar-refractivity contribution in [1.29, 1.82) is 0 Å². The SMILES string of the molecule is C/C=C\C1=C(C)N(C)CC1C=O. The Balaban J connectivity index is 2.94. The van der Waals surface area contributed by atoms with Crippen LogP contribution in [0.15, 0.2) is 23.4 Å². The van der Waals surface area contributed by atoms with Gasteiger partial charge >= 0.3 is 0 Å². The topological polar surface area (TPSA) is 20.3 Å². The van der Waals surface area contributed by atoms with E-state index >= 15 is 0 Å². The number of carbonyl (C=O) groups is 1. The lowest BCUT2D eigenvalue weighted by Crippen LogP contribution is -2.15. The first-order valence-electron chi connectivity index (χ1n) is 4.20. The maximum Gasteiger partial charge on any atom is 0.129 e. The Bertz CT molecular complexity index is 240. The van der Waals surface area contributed by atoms with E-state index in [0.717, 1.165) is 18.4 Å². The molecule has 2 nitrogen and oxygen atoms in total. The van der Waals surface area contributed by atoms with Crippen LogP contribution in [0.3, 0.4) is 0 Å². The summed E-state index contributed by atoms with van der Waals surface area (Å²) in [6, 6.07) is 0. The van der Waals surface area contributed by atoms with Crippen LogP contribution in [0, 0.1) is 5.92 Å². The molecule has 0 saturated heterocycles. The predicted octanol–water partition coefficient (Wildman–Crippen LogP) is 1.60. The minimum atomic E-state index is 0.0752. The first kappa shape index (κ1) is 9.04. The van der Waals surface area contributed by atoms with E-state index in [1.807, 2.05) is 26.1 Å². The third-order valence-corrected chi connectivity index (χ3v) is 2.37. The number of aldehydes is 1. The van der Waals surface area contributed by atoms with Crippen molar-refractivity contribution in [2.75, 3.05) is 13.6 Å². The smallest absolute Gasteiger partial charge is 0.129 e. The van der Waals surface area contributed by atoms with Crippen molar-refractivity contribution < 1.29 is 4.79 Å². The molecule has 66 valence electrons. The summed E-state index contributed by atoms with van der Waals surface area (Å²) in [4.78, 5) is 12.8. The fourth-order valence-corrected chi connectivity index (χ4v) is 1.56. The van der Waals surface area contributed by atoms with Gasteiger partial charge in [0.25, 0.3) is 0 Å². The van der Waals surface area contributed by atoms with Gasteiger partial charge in [0.15, 0.2) is 0 Å². The molecular formula is C10H15NO. The Morgan fingerprint density at radius 2 is 2.25 bits per heavy atom. The van der Waals surface area contributed by atoms with Crippen LogP contribution in [-0.2, 0) is 4.79 Å². The molecule has 0 aromatic heterocycles. The zero-order valence-corrected chi connectivity index (χ0v) is 7.87. The van der Waals surface area contributed by atoms with Crippen molar-refractivity contribution in [1.82, 2.24) is 4.90 Å². The van der Waals surface area contributed by atoms with Crippen molar-refractivity contribution in [2.24, 2.45) is 5.92 Å². The van der Waals surface area contributed by atoms with Crippen LogP contribution in [-0.4, -0.2) is 24.8 Å². The normalized spacial score (nSPS) is 24.2. The molecule has 0 radical (unpaired) electrons. The second-order valence-corrected chi connectivity index (χ2v) is 3.16. The summed E-state index contributed by atoms with van der Waals surface area (Å²) >= 11 is 0. The van der Waals surface area contributed by atoms with Crippen LogP contribution in [0.25, 0.3) is 0 Å². The van der Waals surface area contributed by atoms with Gasteiger partial charge in [0, 0.05) is 19.3 Å². The maximum atomic E-state index is 10.7. The Kier molecular flexibility index (Phi) is 2.69. The Morgan fingerprint density at radius 1 is 1.58 bits per heavy atom. The first-order chi connectivity index (χ1) is 5.70. The standard InChI is InChI=1S/C10H15NO/c1-4-5-10-8(2)11(3)6-9(10)7-12/h4-5,7,9H,6H2,1-3H3/b5-4-. The molecule has 0 amide bonds. The second-order valence-electron chi connectivity index (χ2n) is 3.16. The van der Waals surface area contributed by atoms with Crippen molar-refractivity contribution in [3.05, 3.63) is 23.4 Å². The molecule has 1 aliphatic rings. The lowest BCUT2D eigenvalue weighted by Gasteiger charge is -2.11. The molecule has 1 aliphatic heterocycles. The van der Waals surface area contributed by atoms with Crippen LogP contribution in [0.2, 0.25) is 0 Å². The second kappa shape index (κ2) is 3.57. The van der Waals surface area contributed by atoms with Crippen LogP contribution in [0.4, 0.5) is 0 Å². The number of carbonyl (C=O) groups excluding carboxylic acids is 1. The summed E-state index contributed by atoms with van der Waals surface area (Å²) in [5, 5.41) is 0. The van der Waals surface area contributed by atoms with E-state index in [9.17, 15) is 4.79 Å². The van der Waals surface area contributed by atoms with E-state index in [1.54, 1.807) is 0 Å². The zero-order valence-electron chi connectivity index (χ0n) is 7.87. The Hall–Kier alpha value is -1.05. The third-order valence-electron chi connectivity index (χ3n) is 2.37. The molecule has 1 rings (SSSR count). The highest BCUT2D eigenvalue weighted by molar-refractivity contribution is 5.63. The van der Waals surface area contributed by atoms with Crippen molar-refractivity contribution in [3.8, 4) is 0 Å². The minimum absolute atomic E-state index is 0.0752. The molecule has 0 saturated carbocycles. The van der Waals surface area contributed by atoms with E-state index in [1.165, 1.54) is 5.70 Å². The molecular weight excluding hydrogens is 150 g/mol.